The topological polar surface area (TPSA) is 73.2 Å². The van der Waals surface area contributed by atoms with Crippen molar-refractivity contribution in [2.45, 2.75) is 26.7 Å². The maximum Gasteiger partial charge on any atom is 0.224 e. The van der Waals surface area contributed by atoms with Crippen LogP contribution in [0.15, 0.2) is 24.3 Å². The first-order valence-electron chi connectivity index (χ1n) is 7.14. The van der Waals surface area contributed by atoms with E-state index in [9.17, 15) is 9.59 Å². The van der Waals surface area contributed by atoms with Crippen molar-refractivity contribution in [1.82, 2.24) is 10.2 Å². The Morgan fingerprint density at radius 2 is 1.81 bits per heavy atom. The van der Waals surface area contributed by atoms with E-state index in [0.717, 1.165) is 5.56 Å². The van der Waals surface area contributed by atoms with Crippen molar-refractivity contribution in [3.63, 3.8) is 0 Å². The summed E-state index contributed by atoms with van der Waals surface area (Å²) in [5.41, 5.74) is 1.42. The van der Waals surface area contributed by atoms with Gasteiger partial charge in [0.05, 0.1) is 18.1 Å². The molecule has 0 atom stereocenters. The third kappa shape index (κ3) is 5.65. The van der Waals surface area contributed by atoms with E-state index in [0.29, 0.717) is 31.6 Å². The first-order chi connectivity index (χ1) is 10.1. The van der Waals surface area contributed by atoms with Crippen LogP contribution in [0, 0.1) is 11.3 Å². The molecule has 0 bridgehead atoms. The van der Waals surface area contributed by atoms with Crippen LogP contribution in [0.3, 0.4) is 0 Å². The molecule has 1 N–H and O–H groups in total. The van der Waals surface area contributed by atoms with Gasteiger partial charge in [-0.2, -0.15) is 5.26 Å². The molecule has 21 heavy (non-hydrogen) atoms. The zero-order chi connectivity index (χ0) is 15.7. The van der Waals surface area contributed by atoms with Crippen LogP contribution < -0.4 is 5.32 Å². The number of carbonyl (C=O) groups is 2. The Morgan fingerprint density at radius 3 is 2.33 bits per heavy atom. The van der Waals surface area contributed by atoms with Crippen LogP contribution in [0.5, 0.6) is 0 Å². The van der Waals surface area contributed by atoms with Gasteiger partial charge in [-0.05, 0) is 31.5 Å². The average molecular weight is 287 g/mol. The number of hydrogen-bond acceptors (Lipinski definition) is 3. The highest BCUT2D eigenvalue weighted by Gasteiger charge is 2.10. The minimum Gasteiger partial charge on any atom is -0.355 e. The highest BCUT2D eigenvalue weighted by atomic mass is 16.2. The van der Waals surface area contributed by atoms with Gasteiger partial charge in [-0.25, -0.2) is 0 Å². The molecule has 5 nitrogen and oxygen atoms in total. The van der Waals surface area contributed by atoms with Gasteiger partial charge in [-0.1, -0.05) is 12.1 Å². The van der Waals surface area contributed by atoms with E-state index in [1.54, 1.807) is 29.2 Å². The zero-order valence-electron chi connectivity index (χ0n) is 12.6. The smallest absolute Gasteiger partial charge is 0.224 e. The molecular formula is C16H21N3O2. The van der Waals surface area contributed by atoms with Gasteiger partial charge in [0, 0.05) is 26.1 Å². The molecule has 1 aromatic rings. The van der Waals surface area contributed by atoms with Crippen LogP contribution in [-0.2, 0) is 16.0 Å². The van der Waals surface area contributed by atoms with Crippen LogP contribution in [-0.4, -0.2) is 36.3 Å². The van der Waals surface area contributed by atoms with Crippen LogP contribution in [0.1, 0.15) is 31.4 Å². The Bertz CT molecular complexity index is 513. The maximum atomic E-state index is 11.8. The highest BCUT2D eigenvalue weighted by molar-refractivity contribution is 5.80. The molecule has 2 amide bonds. The molecule has 0 fully saturated rings. The van der Waals surface area contributed by atoms with Crippen molar-refractivity contribution in [3.8, 4) is 6.07 Å². The number of amides is 2. The van der Waals surface area contributed by atoms with Crippen molar-refractivity contribution in [3.05, 3.63) is 35.4 Å². The number of nitrogens with one attached hydrogen (secondary N) is 1. The molecule has 0 saturated heterocycles. The lowest BCUT2D eigenvalue weighted by Crippen LogP contribution is -2.34. The quantitative estimate of drug-likeness (QED) is 0.825. The number of hydrogen-bond donors (Lipinski definition) is 1. The SMILES string of the molecule is CCN(CC)C(=O)CCNC(=O)Cc1ccc(C#N)cc1. The Kier molecular flexibility index (Phi) is 6.96. The maximum absolute atomic E-state index is 11.8. The van der Waals surface area contributed by atoms with E-state index >= 15 is 0 Å². The van der Waals surface area contributed by atoms with Gasteiger partial charge in [0.2, 0.25) is 11.8 Å². The molecule has 0 aliphatic carbocycles. The third-order valence-corrected chi connectivity index (χ3v) is 3.22. The molecule has 0 spiro atoms. The second kappa shape index (κ2) is 8.75. The fourth-order valence-corrected chi connectivity index (χ4v) is 1.99. The summed E-state index contributed by atoms with van der Waals surface area (Å²) in [4.78, 5) is 25.3. The Balaban J connectivity index is 2.34. The highest BCUT2D eigenvalue weighted by Crippen LogP contribution is 2.04. The Hall–Kier alpha value is -2.35. The van der Waals surface area contributed by atoms with Gasteiger partial charge in [-0.15, -0.1) is 0 Å². The van der Waals surface area contributed by atoms with Crippen LogP contribution in [0.25, 0.3) is 0 Å². The fraction of sp³-hybridized carbons (Fsp3) is 0.438. The van der Waals surface area contributed by atoms with Crippen molar-refractivity contribution in [2.24, 2.45) is 0 Å². The van der Waals surface area contributed by atoms with Crippen LogP contribution in [0.4, 0.5) is 0 Å². The predicted octanol–water partition coefficient (Wildman–Crippen LogP) is 1.48. The second-order valence-corrected chi connectivity index (χ2v) is 4.65. The third-order valence-electron chi connectivity index (χ3n) is 3.22. The van der Waals surface area contributed by atoms with Gasteiger partial charge in [0.25, 0.3) is 0 Å². The van der Waals surface area contributed by atoms with Crippen molar-refractivity contribution in [2.75, 3.05) is 19.6 Å². The van der Waals surface area contributed by atoms with E-state index in [2.05, 4.69) is 5.32 Å². The molecule has 5 heteroatoms. The summed E-state index contributed by atoms with van der Waals surface area (Å²) in [5, 5.41) is 11.4. The summed E-state index contributed by atoms with van der Waals surface area (Å²) in [6, 6.07) is 8.93. The average Bonchev–Trinajstić information content (AvgIpc) is 2.49. The number of rotatable bonds is 7. The predicted molar refractivity (Wildman–Crippen MR) is 80.4 cm³/mol. The molecular weight excluding hydrogens is 266 g/mol. The molecule has 0 aliphatic rings. The standard InChI is InChI=1S/C16H21N3O2/c1-3-19(4-2)16(21)9-10-18-15(20)11-13-5-7-14(12-17)8-6-13/h5-8H,3-4,9-11H2,1-2H3,(H,18,20). The van der Waals surface area contributed by atoms with Gasteiger partial charge in [0.1, 0.15) is 0 Å². The van der Waals surface area contributed by atoms with E-state index in [4.69, 9.17) is 5.26 Å². The second-order valence-electron chi connectivity index (χ2n) is 4.65. The molecule has 112 valence electrons. The van der Waals surface area contributed by atoms with Gasteiger partial charge < -0.3 is 10.2 Å². The summed E-state index contributed by atoms with van der Waals surface area (Å²) in [7, 11) is 0. The van der Waals surface area contributed by atoms with E-state index in [1.165, 1.54) is 0 Å². The zero-order valence-corrected chi connectivity index (χ0v) is 12.6. The van der Waals surface area contributed by atoms with Gasteiger partial charge in [-0.3, -0.25) is 9.59 Å². The van der Waals surface area contributed by atoms with Crippen molar-refractivity contribution >= 4 is 11.8 Å². The number of nitriles is 1. The summed E-state index contributed by atoms with van der Waals surface area (Å²) < 4.78 is 0. The molecule has 0 aliphatic heterocycles. The van der Waals surface area contributed by atoms with Crippen LogP contribution >= 0.6 is 0 Å². The van der Waals surface area contributed by atoms with Gasteiger partial charge >= 0.3 is 0 Å². The summed E-state index contributed by atoms with van der Waals surface area (Å²) in [5.74, 6) is -0.0641. The van der Waals surface area contributed by atoms with E-state index < -0.39 is 0 Å². The Labute approximate surface area is 125 Å². The van der Waals surface area contributed by atoms with Crippen molar-refractivity contribution in [1.29, 1.82) is 5.26 Å². The lowest BCUT2D eigenvalue weighted by Gasteiger charge is -2.18. The van der Waals surface area contributed by atoms with E-state index in [1.807, 2.05) is 19.9 Å². The molecule has 0 saturated carbocycles. The van der Waals surface area contributed by atoms with Gasteiger partial charge in [0.15, 0.2) is 0 Å². The summed E-state index contributed by atoms with van der Waals surface area (Å²) in [6.07, 6.45) is 0.575. The number of carbonyl (C=O) groups excluding carboxylic acids is 2. The lowest BCUT2D eigenvalue weighted by atomic mass is 10.1. The summed E-state index contributed by atoms with van der Waals surface area (Å²) >= 11 is 0. The monoisotopic (exact) mass is 287 g/mol. The molecule has 0 heterocycles. The fourth-order valence-electron chi connectivity index (χ4n) is 1.99. The van der Waals surface area contributed by atoms with Crippen molar-refractivity contribution < 1.29 is 9.59 Å². The lowest BCUT2D eigenvalue weighted by molar-refractivity contribution is -0.130. The first kappa shape index (κ1) is 16.7. The van der Waals surface area contributed by atoms with E-state index in [-0.39, 0.29) is 18.2 Å². The molecule has 1 aromatic carbocycles. The number of nitrogens with zero attached hydrogens (tertiary/aromatic N) is 2. The minimum absolute atomic E-state index is 0.0543. The van der Waals surface area contributed by atoms with Crippen LogP contribution in [0.2, 0.25) is 0 Å². The largest absolute Gasteiger partial charge is 0.355 e. The number of benzene rings is 1. The normalized spacial score (nSPS) is 9.76. The summed E-state index contributed by atoms with van der Waals surface area (Å²) in [6.45, 7) is 5.60. The molecule has 0 radical (unpaired) electrons. The molecule has 1 rings (SSSR count). The molecule has 0 aromatic heterocycles. The molecule has 0 unspecified atom stereocenters. The minimum atomic E-state index is -0.118. The first-order valence-corrected chi connectivity index (χ1v) is 7.14. The Morgan fingerprint density at radius 1 is 1.19 bits per heavy atom.